The van der Waals surface area contributed by atoms with Gasteiger partial charge in [-0.3, -0.25) is 4.79 Å². The van der Waals surface area contributed by atoms with E-state index in [-0.39, 0.29) is 86.2 Å². The smallest absolute Gasteiger partial charge is 0.193 e. The predicted molar refractivity (Wildman–Crippen MR) is 532 cm³/mol. The number of pyridine rings is 4. The molecule has 5 heterocycles. The van der Waals surface area contributed by atoms with Gasteiger partial charge in [-0.1, -0.05) is 309 Å². The number of benzene rings is 16. The topological polar surface area (TPSA) is 107 Å². The Hall–Kier alpha value is -14.6. The third-order valence-corrected chi connectivity index (χ3v) is 22.4. The Morgan fingerprint density at radius 2 is 0.455 bits per heavy atom. The second kappa shape index (κ2) is 47.0. The van der Waals surface area contributed by atoms with Gasteiger partial charge in [-0.2, -0.15) is 0 Å². The van der Waals surface area contributed by atoms with Crippen LogP contribution in [0.5, 0.6) is 0 Å². The molecule has 0 atom stereocenters. The van der Waals surface area contributed by atoms with Gasteiger partial charge in [0.1, 0.15) is 0 Å². The van der Waals surface area contributed by atoms with Gasteiger partial charge in [-0.25, -0.2) is 15.0 Å². The van der Waals surface area contributed by atoms with Crippen molar-refractivity contribution in [1.82, 2.24) is 34.9 Å². The van der Waals surface area contributed by atoms with Crippen molar-refractivity contribution in [3.63, 3.8) is 0 Å². The third-order valence-electron chi connectivity index (χ3n) is 22.4. The molecule has 21 aromatic rings. The van der Waals surface area contributed by atoms with Crippen molar-refractivity contribution in [2.24, 2.45) is 0 Å². The molecule has 5 aromatic heterocycles. The van der Waals surface area contributed by atoms with E-state index < -0.39 is 0 Å². The number of nitrogens with zero attached hydrogens (tertiary/aromatic N) is 7. The van der Waals surface area contributed by atoms with Gasteiger partial charge < -0.3 is 19.9 Å². The van der Waals surface area contributed by atoms with Gasteiger partial charge in [-0.05, 0) is 199 Å². The molecule has 654 valence electrons. The third kappa shape index (κ3) is 24.2. The Morgan fingerprint density at radius 3 is 0.813 bits per heavy atom. The molecule has 12 heteroatoms. The Labute approximate surface area is 837 Å². The van der Waals surface area contributed by atoms with Crippen molar-refractivity contribution in [3.05, 3.63) is 526 Å². The number of hydrogen-bond acceptors (Lipinski definition) is 8. The number of hydrogen-bond donors (Lipinski definition) is 0. The SMILES string of the molecule is Cc1ccc(C)c(-c2cc[c-]c(-c3ccccn3)c2)c1.O=C(c1cccc(-c2cc[c-]c(-c3ccccn3)c2)c1)c1cc(-c2ccccc2)cc(-c2ccccc2)c1.[Ir].[Ir].[Ir].[Ir].[c-]1ccc(-c2cccc(-c3cc(-c4ccccc4)cc(-c4ccccc4)c3)c2)cc1-c1ccccn1.[c-]1ccc(-c2cccc(-c3nc(-c4ccccc4)nc(-c4ccccc4)n3)c2)cc1-c1ccccn1. The average molecular weight is 2430 g/mol. The van der Waals surface area contributed by atoms with Gasteiger partial charge in [0.05, 0.1) is 0 Å². The van der Waals surface area contributed by atoms with Crippen LogP contribution in [0, 0.1) is 38.1 Å². The van der Waals surface area contributed by atoms with Gasteiger partial charge in [-0.15, -0.1) is 142 Å². The Kier molecular flexibility index (Phi) is 33.5. The summed E-state index contributed by atoms with van der Waals surface area (Å²) >= 11 is 0. The summed E-state index contributed by atoms with van der Waals surface area (Å²) in [6.45, 7) is 4.27. The molecule has 0 N–H and O–H groups in total. The van der Waals surface area contributed by atoms with Crippen molar-refractivity contribution in [3.8, 4) is 179 Å². The van der Waals surface area contributed by atoms with Gasteiger partial charge in [0.25, 0.3) is 0 Å². The maximum Gasteiger partial charge on any atom is 0.193 e. The van der Waals surface area contributed by atoms with Gasteiger partial charge in [0, 0.05) is 133 Å². The molecule has 21 rings (SSSR count). The van der Waals surface area contributed by atoms with Crippen LogP contribution in [-0.2, 0) is 80.4 Å². The maximum absolute atomic E-state index is 13.9. The van der Waals surface area contributed by atoms with E-state index in [1.807, 2.05) is 261 Å². The minimum absolute atomic E-state index is 0. The Bertz CT molecular complexity index is 7000. The summed E-state index contributed by atoms with van der Waals surface area (Å²) in [6, 6.07) is 167. The fourth-order valence-electron chi connectivity index (χ4n) is 15.7. The molecule has 0 fully saturated rings. The van der Waals surface area contributed by atoms with E-state index in [0.717, 1.165) is 112 Å². The molecular weight excluding hydrogens is 2350 g/mol. The van der Waals surface area contributed by atoms with Crippen LogP contribution in [-0.4, -0.2) is 40.7 Å². The molecule has 0 saturated carbocycles. The minimum atomic E-state index is -0.00532. The number of rotatable bonds is 18. The summed E-state index contributed by atoms with van der Waals surface area (Å²) in [6.07, 6.45) is 7.21. The number of carbonyl (C=O) groups excluding carboxylic acids is 1. The first kappa shape index (κ1) is 95.5. The Balaban J connectivity index is 0.000000145. The van der Waals surface area contributed by atoms with Gasteiger partial charge in [0.2, 0.25) is 0 Å². The standard InChI is InChI=1S/C36H24NO.C35H24N.C32H21N4.C19H16N.4Ir/c38-36(31-18-10-16-29(22-31)28-15-9-17-30(21-28)35-19-7-8-20-37-35)34-24-32(26-11-3-1-4-12-26)23-33(25-34)27-13-5-2-6-14-27;1-3-11-26(12-4-1)32-23-33(27-13-5-2-6-14-27)25-34(24-32)30-17-9-15-28(21-30)29-16-10-18-31(22-29)35-19-7-8-20-36-35;1-3-11-23(12-4-1)30-34-31(24-13-5-2-6-14-24)36-32(35-30)28-18-10-16-26(22-28)25-15-9-17-27(21-25)29-19-7-8-20-33-29;1-14-9-10-15(2)18(12-14)16-6-5-7-17(13-16)19-8-3-4-11-20-19;;;;/h1-16,18-25H;1-17,19-25H;1-16,18-22H;3-6,8-13H,1-2H3;;;;/q4*-1;;;;. The van der Waals surface area contributed by atoms with Crippen molar-refractivity contribution >= 4 is 5.78 Å². The monoisotopic (exact) mass is 2440 g/mol. The first-order chi connectivity index (χ1) is 64.1. The zero-order chi connectivity index (χ0) is 88.0. The number of carbonyl (C=O) groups is 1. The van der Waals surface area contributed by atoms with Crippen LogP contribution in [0.1, 0.15) is 27.0 Å². The fourth-order valence-corrected chi connectivity index (χ4v) is 15.7. The van der Waals surface area contributed by atoms with Crippen molar-refractivity contribution < 1.29 is 85.2 Å². The van der Waals surface area contributed by atoms with Crippen molar-refractivity contribution in [1.29, 1.82) is 0 Å². The molecule has 0 aliphatic rings. The first-order valence-electron chi connectivity index (χ1n) is 43.2. The quantitative estimate of drug-likeness (QED) is 0.0618. The fraction of sp³-hybridized carbons (Fsp3) is 0.0164. The molecule has 0 aliphatic carbocycles. The van der Waals surface area contributed by atoms with E-state index in [9.17, 15) is 4.79 Å². The summed E-state index contributed by atoms with van der Waals surface area (Å²) in [7, 11) is 0. The number of aryl methyl sites for hydroxylation is 2. The summed E-state index contributed by atoms with van der Waals surface area (Å²) in [5.41, 5.74) is 34.7. The van der Waals surface area contributed by atoms with Crippen LogP contribution in [0.15, 0.2) is 480 Å². The van der Waals surface area contributed by atoms with Crippen molar-refractivity contribution in [2.75, 3.05) is 0 Å². The molecular formula is C122H85Ir4N7O-4. The molecule has 16 aromatic carbocycles. The summed E-state index contributed by atoms with van der Waals surface area (Å²) in [5.74, 6) is 1.93. The molecule has 4 radical (unpaired) electrons. The molecule has 0 aliphatic heterocycles. The van der Waals surface area contributed by atoms with Crippen LogP contribution in [0.2, 0.25) is 0 Å². The molecule has 134 heavy (non-hydrogen) atoms. The zero-order valence-electron chi connectivity index (χ0n) is 73.0. The molecule has 0 spiro atoms. The average Bonchev–Trinajstić information content (AvgIpc) is 0.804. The number of ketones is 1. The van der Waals surface area contributed by atoms with Crippen molar-refractivity contribution in [2.45, 2.75) is 13.8 Å². The minimum Gasteiger partial charge on any atom is -0.305 e. The molecule has 0 bridgehead atoms. The largest absolute Gasteiger partial charge is 0.305 e. The second-order valence-corrected chi connectivity index (χ2v) is 31.3. The zero-order valence-corrected chi connectivity index (χ0v) is 82.6. The maximum atomic E-state index is 13.9. The molecule has 8 nitrogen and oxygen atoms in total. The van der Waals surface area contributed by atoms with E-state index in [2.05, 4.69) is 264 Å². The summed E-state index contributed by atoms with van der Waals surface area (Å²) < 4.78 is 0. The van der Waals surface area contributed by atoms with Crippen LogP contribution >= 0.6 is 0 Å². The summed E-state index contributed by atoms with van der Waals surface area (Å²) in [5, 5.41) is 0. The summed E-state index contributed by atoms with van der Waals surface area (Å²) in [4.78, 5) is 46.2. The van der Waals surface area contributed by atoms with Crippen LogP contribution in [0.3, 0.4) is 0 Å². The molecule has 0 amide bonds. The molecule has 0 saturated heterocycles. The van der Waals surface area contributed by atoms with Gasteiger partial charge >= 0.3 is 0 Å². The Morgan fingerprint density at radius 1 is 0.201 bits per heavy atom. The van der Waals surface area contributed by atoms with Crippen LogP contribution in [0.4, 0.5) is 0 Å². The van der Waals surface area contributed by atoms with Crippen LogP contribution in [0.25, 0.3) is 179 Å². The van der Waals surface area contributed by atoms with Gasteiger partial charge in [0.15, 0.2) is 23.3 Å². The van der Waals surface area contributed by atoms with E-state index >= 15 is 0 Å². The normalized spacial score (nSPS) is 10.4. The molecule has 0 unspecified atom stereocenters. The predicted octanol–water partition coefficient (Wildman–Crippen LogP) is 30.2. The van der Waals surface area contributed by atoms with E-state index in [4.69, 9.17) is 15.0 Å². The van der Waals surface area contributed by atoms with E-state index in [1.54, 1.807) is 12.4 Å². The number of aromatic nitrogens is 7. The second-order valence-electron chi connectivity index (χ2n) is 31.3. The van der Waals surface area contributed by atoms with E-state index in [0.29, 0.717) is 28.6 Å². The van der Waals surface area contributed by atoms with E-state index in [1.165, 1.54) is 61.2 Å². The first-order valence-corrected chi connectivity index (χ1v) is 43.2. The van der Waals surface area contributed by atoms with Crippen LogP contribution < -0.4 is 0 Å².